The SMILES string of the molecule is CC(C)NC1CCCN(C2CCN(C3CC3)C2)C1. The summed E-state index contributed by atoms with van der Waals surface area (Å²) in [4.78, 5) is 5.51. The van der Waals surface area contributed by atoms with Crippen molar-refractivity contribution in [1.29, 1.82) is 0 Å². The molecule has 104 valence electrons. The molecule has 1 N–H and O–H groups in total. The average molecular weight is 251 g/mol. The van der Waals surface area contributed by atoms with Crippen molar-refractivity contribution >= 4 is 0 Å². The van der Waals surface area contributed by atoms with Gasteiger partial charge in [-0.1, -0.05) is 13.8 Å². The molecule has 0 radical (unpaired) electrons. The van der Waals surface area contributed by atoms with E-state index in [1.165, 1.54) is 58.3 Å². The maximum atomic E-state index is 3.73. The van der Waals surface area contributed by atoms with Gasteiger partial charge in [-0.2, -0.15) is 0 Å². The van der Waals surface area contributed by atoms with Crippen LogP contribution in [0.2, 0.25) is 0 Å². The molecule has 2 saturated heterocycles. The first-order valence-corrected chi connectivity index (χ1v) is 7.96. The lowest BCUT2D eigenvalue weighted by molar-refractivity contribution is 0.133. The highest BCUT2D eigenvalue weighted by Crippen LogP contribution is 2.31. The summed E-state index contributed by atoms with van der Waals surface area (Å²) in [5.41, 5.74) is 0. The number of piperidine rings is 1. The molecular weight excluding hydrogens is 222 g/mol. The summed E-state index contributed by atoms with van der Waals surface area (Å²) in [6.45, 7) is 9.85. The van der Waals surface area contributed by atoms with Gasteiger partial charge in [0.1, 0.15) is 0 Å². The summed E-state index contributed by atoms with van der Waals surface area (Å²) in [5.74, 6) is 0. The first-order valence-electron chi connectivity index (χ1n) is 7.96. The zero-order valence-corrected chi connectivity index (χ0v) is 12.1. The van der Waals surface area contributed by atoms with Gasteiger partial charge in [-0.25, -0.2) is 0 Å². The van der Waals surface area contributed by atoms with Crippen LogP contribution in [0.4, 0.5) is 0 Å². The van der Waals surface area contributed by atoms with Gasteiger partial charge >= 0.3 is 0 Å². The maximum Gasteiger partial charge on any atom is 0.0236 e. The fourth-order valence-corrected chi connectivity index (χ4v) is 3.78. The topological polar surface area (TPSA) is 18.5 Å². The van der Waals surface area contributed by atoms with Crippen LogP contribution in [0.25, 0.3) is 0 Å². The maximum absolute atomic E-state index is 3.73. The van der Waals surface area contributed by atoms with E-state index in [1.54, 1.807) is 0 Å². The van der Waals surface area contributed by atoms with Crippen molar-refractivity contribution in [3.63, 3.8) is 0 Å². The van der Waals surface area contributed by atoms with Crippen LogP contribution >= 0.6 is 0 Å². The highest BCUT2D eigenvalue weighted by atomic mass is 15.3. The van der Waals surface area contributed by atoms with Crippen molar-refractivity contribution < 1.29 is 0 Å². The molecule has 0 aromatic carbocycles. The molecule has 1 aliphatic carbocycles. The van der Waals surface area contributed by atoms with Gasteiger partial charge in [0.25, 0.3) is 0 Å². The number of rotatable bonds is 4. The predicted octanol–water partition coefficient (Wildman–Crippen LogP) is 1.69. The Bertz CT molecular complexity index is 275. The van der Waals surface area contributed by atoms with Crippen molar-refractivity contribution in [2.24, 2.45) is 0 Å². The van der Waals surface area contributed by atoms with Crippen LogP contribution in [0.15, 0.2) is 0 Å². The lowest BCUT2D eigenvalue weighted by Gasteiger charge is -2.38. The van der Waals surface area contributed by atoms with Crippen molar-refractivity contribution in [2.45, 2.75) is 70.1 Å². The molecule has 0 spiro atoms. The van der Waals surface area contributed by atoms with Gasteiger partial charge in [0.05, 0.1) is 0 Å². The molecule has 1 saturated carbocycles. The highest BCUT2D eigenvalue weighted by Gasteiger charge is 2.37. The number of nitrogens with zero attached hydrogens (tertiary/aromatic N) is 2. The average Bonchev–Trinajstić information content (AvgIpc) is 3.07. The molecule has 3 fully saturated rings. The Balaban J connectivity index is 1.49. The van der Waals surface area contributed by atoms with E-state index in [0.717, 1.165) is 18.1 Å². The van der Waals surface area contributed by atoms with E-state index in [2.05, 4.69) is 29.0 Å². The molecule has 2 heterocycles. The highest BCUT2D eigenvalue weighted by molar-refractivity contribution is 4.94. The van der Waals surface area contributed by atoms with Gasteiger partial charge in [-0.05, 0) is 38.6 Å². The summed E-state index contributed by atoms with van der Waals surface area (Å²) >= 11 is 0. The van der Waals surface area contributed by atoms with Crippen LogP contribution in [0.5, 0.6) is 0 Å². The smallest absolute Gasteiger partial charge is 0.0236 e. The summed E-state index contributed by atoms with van der Waals surface area (Å²) in [7, 11) is 0. The number of nitrogens with one attached hydrogen (secondary N) is 1. The molecule has 2 unspecified atom stereocenters. The number of hydrogen-bond donors (Lipinski definition) is 1. The van der Waals surface area contributed by atoms with E-state index < -0.39 is 0 Å². The van der Waals surface area contributed by atoms with Crippen molar-refractivity contribution in [3.8, 4) is 0 Å². The second-order valence-electron chi connectivity index (χ2n) is 6.82. The summed E-state index contributed by atoms with van der Waals surface area (Å²) < 4.78 is 0. The molecule has 3 rings (SSSR count). The number of hydrogen-bond acceptors (Lipinski definition) is 3. The van der Waals surface area contributed by atoms with Crippen LogP contribution < -0.4 is 5.32 Å². The molecule has 2 aliphatic heterocycles. The third kappa shape index (κ3) is 3.06. The fraction of sp³-hybridized carbons (Fsp3) is 1.00. The van der Waals surface area contributed by atoms with Crippen molar-refractivity contribution in [3.05, 3.63) is 0 Å². The van der Waals surface area contributed by atoms with Crippen LogP contribution in [-0.2, 0) is 0 Å². The van der Waals surface area contributed by atoms with Crippen molar-refractivity contribution in [1.82, 2.24) is 15.1 Å². The van der Waals surface area contributed by atoms with Crippen LogP contribution in [0, 0.1) is 0 Å². The first-order chi connectivity index (χ1) is 8.72. The molecule has 2 atom stereocenters. The Kier molecular flexibility index (Phi) is 3.92. The molecule has 3 nitrogen and oxygen atoms in total. The minimum absolute atomic E-state index is 0.626. The normalized spacial score (nSPS) is 35.5. The second-order valence-corrected chi connectivity index (χ2v) is 6.82. The second kappa shape index (κ2) is 5.48. The third-order valence-corrected chi connectivity index (χ3v) is 4.80. The minimum Gasteiger partial charge on any atom is -0.311 e. The zero-order valence-electron chi connectivity index (χ0n) is 12.1. The monoisotopic (exact) mass is 251 g/mol. The zero-order chi connectivity index (χ0) is 12.5. The molecular formula is C15H29N3. The van der Waals surface area contributed by atoms with E-state index in [-0.39, 0.29) is 0 Å². The standard InChI is InChI=1S/C15H29N3/c1-12(2)16-13-4-3-8-17(10-13)15-7-9-18(11-15)14-5-6-14/h12-16H,3-11H2,1-2H3. The molecule has 3 heteroatoms. The van der Waals surface area contributed by atoms with Gasteiger partial charge in [0, 0.05) is 43.8 Å². The van der Waals surface area contributed by atoms with E-state index in [4.69, 9.17) is 0 Å². The van der Waals surface area contributed by atoms with Gasteiger partial charge in [-0.3, -0.25) is 9.80 Å². The molecule has 0 amide bonds. The summed E-state index contributed by atoms with van der Waals surface area (Å²) in [6.07, 6.45) is 7.08. The third-order valence-electron chi connectivity index (χ3n) is 4.80. The van der Waals surface area contributed by atoms with Gasteiger partial charge in [-0.15, -0.1) is 0 Å². The Hall–Kier alpha value is -0.120. The van der Waals surface area contributed by atoms with Crippen molar-refractivity contribution in [2.75, 3.05) is 26.2 Å². The van der Waals surface area contributed by atoms with Crippen LogP contribution in [-0.4, -0.2) is 60.1 Å². The molecule has 0 bridgehead atoms. The van der Waals surface area contributed by atoms with E-state index in [0.29, 0.717) is 6.04 Å². The van der Waals surface area contributed by atoms with E-state index in [9.17, 15) is 0 Å². The predicted molar refractivity (Wildman–Crippen MR) is 75.9 cm³/mol. The van der Waals surface area contributed by atoms with E-state index in [1.807, 2.05) is 0 Å². The first kappa shape index (κ1) is 12.9. The molecule has 3 aliphatic rings. The Morgan fingerprint density at radius 3 is 2.39 bits per heavy atom. The minimum atomic E-state index is 0.626. The Morgan fingerprint density at radius 1 is 0.889 bits per heavy atom. The van der Waals surface area contributed by atoms with Gasteiger partial charge < -0.3 is 5.32 Å². The molecule has 18 heavy (non-hydrogen) atoms. The summed E-state index contributed by atoms with van der Waals surface area (Å²) in [6, 6.07) is 3.17. The van der Waals surface area contributed by atoms with E-state index >= 15 is 0 Å². The quantitative estimate of drug-likeness (QED) is 0.820. The van der Waals surface area contributed by atoms with Crippen LogP contribution in [0.1, 0.15) is 46.0 Å². The lowest BCUT2D eigenvalue weighted by Crippen LogP contribution is -2.51. The molecule has 0 aromatic rings. The Morgan fingerprint density at radius 2 is 1.67 bits per heavy atom. The van der Waals surface area contributed by atoms with Gasteiger partial charge in [0.15, 0.2) is 0 Å². The fourth-order valence-electron chi connectivity index (χ4n) is 3.78. The van der Waals surface area contributed by atoms with Gasteiger partial charge in [0.2, 0.25) is 0 Å². The largest absolute Gasteiger partial charge is 0.311 e. The Labute approximate surface area is 112 Å². The van der Waals surface area contributed by atoms with Crippen LogP contribution in [0.3, 0.4) is 0 Å². The summed E-state index contributed by atoms with van der Waals surface area (Å²) in [5, 5.41) is 3.73. The molecule has 0 aromatic heterocycles. The number of likely N-dealkylation sites (tertiary alicyclic amines) is 2. The lowest BCUT2D eigenvalue weighted by atomic mass is 10.0.